The average Bonchev–Trinajstić information content (AvgIpc) is 2.92. The van der Waals surface area contributed by atoms with Gasteiger partial charge in [0.1, 0.15) is 12.3 Å². The largest absolute Gasteiger partial charge is 0.472 e. The van der Waals surface area contributed by atoms with Crippen molar-refractivity contribution in [1.82, 2.24) is 20.2 Å². The summed E-state index contributed by atoms with van der Waals surface area (Å²) in [6.07, 6.45) is -2.68. The van der Waals surface area contributed by atoms with Crippen LogP contribution in [0.2, 0.25) is 0 Å². The lowest BCUT2D eigenvalue weighted by molar-refractivity contribution is -0.145. The van der Waals surface area contributed by atoms with Crippen molar-refractivity contribution in [3.05, 3.63) is 52.5 Å². The van der Waals surface area contributed by atoms with Gasteiger partial charge in [-0.2, -0.15) is 18.2 Å². The number of hydrogen-bond acceptors (Lipinski definition) is 7. The van der Waals surface area contributed by atoms with Crippen molar-refractivity contribution in [2.24, 2.45) is 0 Å². The second-order valence-electron chi connectivity index (χ2n) is 11.5. The third-order valence-corrected chi connectivity index (χ3v) is 7.59. The van der Waals surface area contributed by atoms with E-state index in [0.717, 1.165) is 17.5 Å². The molecule has 2 atom stereocenters. The van der Waals surface area contributed by atoms with Crippen LogP contribution in [0.15, 0.2) is 24.3 Å². The minimum atomic E-state index is -4.83. The van der Waals surface area contributed by atoms with E-state index >= 15 is 0 Å². The molecule has 2 aliphatic rings. The molecule has 1 aromatic heterocycles. The molecule has 0 bridgehead atoms. The number of benzene rings is 1. The Labute approximate surface area is 233 Å². The topological polar surface area (TPSA) is 85.8 Å². The number of aromatic nitrogens is 2. The summed E-state index contributed by atoms with van der Waals surface area (Å²) in [6, 6.07) is 8.02. The normalized spacial score (nSPS) is 20.9. The van der Waals surface area contributed by atoms with Crippen LogP contribution in [0.25, 0.3) is 0 Å². The molecule has 1 aromatic carbocycles. The number of amides is 1. The number of likely N-dealkylation sites (tertiary alicyclic amines) is 1. The van der Waals surface area contributed by atoms with Crippen LogP contribution in [-0.4, -0.2) is 72.4 Å². The van der Waals surface area contributed by atoms with Gasteiger partial charge in [0.25, 0.3) is 5.91 Å². The second-order valence-corrected chi connectivity index (χ2v) is 11.5. The summed E-state index contributed by atoms with van der Waals surface area (Å²) in [7, 11) is 1.66. The van der Waals surface area contributed by atoms with E-state index in [2.05, 4.69) is 36.1 Å². The minimum Gasteiger partial charge on any atom is -0.472 e. The Kier molecular flexibility index (Phi) is 9.36. The zero-order chi connectivity index (χ0) is 29.1. The molecule has 2 saturated heterocycles. The molecule has 8 nitrogen and oxygen atoms in total. The first-order valence-electron chi connectivity index (χ1n) is 13.7. The lowest BCUT2D eigenvalue weighted by Crippen LogP contribution is -2.54. The fraction of sp³-hybridized carbons (Fsp3) is 0.621. The molecule has 4 rings (SSSR count). The first-order valence-corrected chi connectivity index (χ1v) is 13.7. The average molecular weight is 565 g/mol. The van der Waals surface area contributed by atoms with Crippen LogP contribution in [0.3, 0.4) is 0 Å². The highest BCUT2D eigenvalue weighted by Crippen LogP contribution is 2.31. The summed E-state index contributed by atoms with van der Waals surface area (Å²) in [5.74, 6) is -2.18. The molecule has 0 radical (unpaired) electrons. The van der Waals surface area contributed by atoms with Gasteiger partial charge in [0.15, 0.2) is 0 Å². The molecule has 0 saturated carbocycles. The Morgan fingerprint density at radius 3 is 2.38 bits per heavy atom. The van der Waals surface area contributed by atoms with E-state index in [9.17, 15) is 18.0 Å². The molecule has 0 aliphatic carbocycles. The maximum Gasteiger partial charge on any atom is 0.451 e. The molecule has 0 unspecified atom stereocenters. The quantitative estimate of drug-likeness (QED) is 0.523. The zero-order valence-corrected chi connectivity index (χ0v) is 23.8. The van der Waals surface area contributed by atoms with Crippen LogP contribution in [-0.2, 0) is 27.7 Å². The van der Waals surface area contributed by atoms with Gasteiger partial charge >= 0.3 is 6.18 Å². The van der Waals surface area contributed by atoms with Crippen molar-refractivity contribution in [2.75, 3.05) is 33.4 Å². The van der Waals surface area contributed by atoms with Gasteiger partial charge in [-0.05, 0) is 42.7 Å². The van der Waals surface area contributed by atoms with Gasteiger partial charge in [-0.25, -0.2) is 4.98 Å². The Balaban J connectivity index is 1.45. The van der Waals surface area contributed by atoms with E-state index in [1.807, 2.05) is 24.3 Å². The molecular formula is C29H39F3N4O4. The number of halogens is 3. The molecule has 3 heterocycles. The van der Waals surface area contributed by atoms with E-state index in [0.29, 0.717) is 39.1 Å². The Hall–Kier alpha value is -2.76. The molecule has 1 N–H and O–H groups in total. The highest BCUT2D eigenvalue weighted by atomic mass is 19.4. The maximum absolute atomic E-state index is 13.7. The zero-order valence-electron chi connectivity index (χ0n) is 23.8. The smallest absolute Gasteiger partial charge is 0.451 e. The van der Waals surface area contributed by atoms with E-state index in [4.69, 9.17) is 14.2 Å². The minimum absolute atomic E-state index is 0.0128. The number of piperidine rings is 1. The van der Waals surface area contributed by atoms with Gasteiger partial charge in [-0.1, -0.05) is 45.0 Å². The van der Waals surface area contributed by atoms with E-state index < -0.39 is 17.9 Å². The number of methoxy groups -OCH3 is 1. The summed E-state index contributed by atoms with van der Waals surface area (Å²) in [5, 5.41) is 3.61. The van der Waals surface area contributed by atoms with Crippen LogP contribution in [0.4, 0.5) is 13.2 Å². The Morgan fingerprint density at radius 2 is 1.77 bits per heavy atom. The van der Waals surface area contributed by atoms with Gasteiger partial charge in [-0.15, -0.1) is 0 Å². The number of hydrogen-bond donors (Lipinski definition) is 1. The van der Waals surface area contributed by atoms with Crippen LogP contribution < -0.4 is 10.1 Å². The second kappa shape index (κ2) is 12.4. The monoisotopic (exact) mass is 564 g/mol. The number of carbonyl (C=O) groups excluding carboxylic acids is 1. The maximum atomic E-state index is 13.7. The molecule has 220 valence electrons. The highest BCUT2D eigenvalue weighted by Gasteiger charge is 2.38. The molecule has 2 aliphatic heterocycles. The van der Waals surface area contributed by atoms with Crippen molar-refractivity contribution in [3.63, 3.8) is 0 Å². The summed E-state index contributed by atoms with van der Waals surface area (Å²) in [4.78, 5) is 22.3. The van der Waals surface area contributed by atoms with Crippen molar-refractivity contribution in [1.29, 1.82) is 0 Å². The standard InChI is InChI=1S/C29H39F3N4O4/c1-18-24(26(37)36-13-10-21(11-14-36)33-22-12-15-39-17-23(22)38-5)34-27(29(30,31)32)35-25(18)40-16-19-6-8-20(9-7-19)28(2,3)4/h6-9,21-23,33H,10-17H2,1-5H3/t22-,23+/m0/s1. The number of alkyl halides is 3. The summed E-state index contributed by atoms with van der Waals surface area (Å²) >= 11 is 0. The van der Waals surface area contributed by atoms with Gasteiger partial charge in [-0.3, -0.25) is 4.79 Å². The van der Waals surface area contributed by atoms with Crippen molar-refractivity contribution in [3.8, 4) is 5.88 Å². The predicted octanol–water partition coefficient (Wildman–Crippen LogP) is 4.68. The molecule has 11 heteroatoms. The lowest BCUT2D eigenvalue weighted by Gasteiger charge is -2.38. The third kappa shape index (κ3) is 7.30. The number of nitrogens with zero attached hydrogens (tertiary/aromatic N) is 3. The molecular weight excluding hydrogens is 525 g/mol. The van der Waals surface area contributed by atoms with Crippen LogP contribution in [0.5, 0.6) is 5.88 Å². The Bertz CT molecular complexity index is 1160. The molecule has 2 fully saturated rings. The van der Waals surface area contributed by atoms with Gasteiger partial charge in [0.05, 0.1) is 12.7 Å². The summed E-state index contributed by atoms with van der Waals surface area (Å²) < 4.78 is 57.9. The third-order valence-electron chi connectivity index (χ3n) is 7.59. The SMILES string of the molecule is CO[C@@H]1COCC[C@@H]1NC1CCN(C(=O)c2nc(C(F)(F)F)nc(OCc3ccc(C(C)(C)C)cc3)c2C)CC1. The number of nitrogens with one attached hydrogen (secondary N) is 1. The van der Waals surface area contributed by atoms with Gasteiger partial charge < -0.3 is 24.4 Å². The fourth-order valence-corrected chi connectivity index (χ4v) is 5.06. The Morgan fingerprint density at radius 1 is 1.10 bits per heavy atom. The number of ether oxygens (including phenoxy) is 3. The van der Waals surface area contributed by atoms with Crippen molar-refractivity contribution in [2.45, 2.75) is 83.3 Å². The van der Waals surface area contributed by atoms with Gasteiger partial charge in [0, 0.05) is 44.5 Å². The number of rotatable bonds is 7. The highest BCUT2D eigenvalue weighted by molar-refractivity contribution is 5.94. The van der Waals surface area contributed by atoms with Crippen LogP contribution in [0, 0.1) is 6.92 Å². The first-order chi connectivity index (χ1) is 18.9. The molecule has 40 heavy (non-hydrogen) atoms. The van der Waals surface area contributed by atoms with E-state index in [1.54, 1.807) is 12.0 Å². The first kappa shape index (κ1) is 30.2. The summed E-state index contributed by atoms with van der Waals surface area (Å²) in [6.45, 7) is 9.83. The molecule has 1 amide bonds. The van der Waals surface area contributed by atoms with E-state index in [1.165, 1.54) is 6.92 Å². The van der Waals surface area contributed by atoms with Crippen LogP contribution in [0.1, 0.15) is 73.0 Å². The van der Waals surface area contributed by atoms with Gasteiger partial charge in [0.2, 0.25) is 11.7 Å². The summed E-state index contributed by atoms with van der Waals surface area (Å²) in [5.41, 5.74) is 1.79. The fourth-order valence-electron chi connectivity index (χ4n) is 5.06. The van der Waals surface area contributed by atoms with E-state index in [-0.39, 0.29) is 47.3 Å². The van der Waals surface area contributed by atoms with Crippen molar-refractivity contribution >= 4 is 5.91 Å². The van der Waals surface area contributed by atoms with Crippen LogP contribution >= 0.6 is 0 Å². The number of carbonyl (C=O) groups is 1. The molecule has 2 aromatic rings. The van der Waals surface area contributed by atoms with Crippen molar-refractivity contribution < 1.29 is 32.2 Å². The molecule has 0 spiro atoms. The lowest BCUT2D eigenvalue weighted by atomic mass is 9.87. The predicted molar refractivity (Wildman–Crippen MR) is 143 cm³/mol.